The summed E-state index contributed by atoms with van der Waals surface area (Å²) in [7, 11) is 0. The maximum absolute atomic E-state index is 9.86. The van der Waals surface area contributed by atoms with Gasteiger partial charge in [0.2, 0.25) is 0 Å². The van der Waals surface area contributed by atoms with Crippen LogP contribution in [0.15, 0.2) is 30.3 Å². The second-order valence-electron chi connectivity index (χ2n) is 4.44. The quantitative estimate of drug-likeness (QED) is 0.558. The van der Waals surface area contributed by atoms with Crippen LogP contribution in [-0.2, 0) is 9.47 Å². The molecule has 1 heterocycles. The lowest BCUT2D eigenvalue weighted by Gasteiger charge is -2.23. The lowest BCUT2D eigenvalue weighted by molar-refractivity contribution is -0.113. The fraction of sp³-hybridized carbons (Fsp3) is 0.538. The van der Waals surface area contributed by atoms with Crippen LogP contribution in [0.3, 0.4) is 0 Å². The Kier molecular flexibility index (Phi) is 4.87. The van der Waals surface area contributed by atoms with Gasteiger partial charge in [0.05, 0.1) is 13.2 Å². The highest BCUT2D eigenvalue weighted by atomic mass is 16.7. The molecule has 0 aliphatic carbocycles. The largest absolute Gasteiger partial charge is 0.394 e. The van der Waals surface area contributed by atoms with Gasteiger partial charge in [-0.2, -0.15) is 0 Å². The molecule has 0 radical (unpaired) electrons. The van der Waals surface area contributed by atoms with Gasteiger partial charge < -0.3 is 29.9 Å². The second kappa shape index (κ2) is 6.42. The van der Waals surface area contributed by atoms with Crippen LogP contribution in [0.1, 0.15) is 11.9 Å². The Bertz CT molecular complexity index is 384. The van der Waals surface area contributed by atoms with Crippen LogP contribution in [0, 0.1) is 0 Å². The van der Waals surface area contributed by atoms with Crippen LogP contribution in [0.4, 0.5) is 0 Å². The van der Waals surface area contributed by atoms with Gasteiger partial charge in [0.25, 0.3) is 0 Å². The van der Waals surface area contributed by atoms with Gasteiger partial charge in [-0.15, -0.1) is 0 Å². The second-order valence-corrected chi connectivity index (χ2v) is 4.44. The average Bonchev–Trinajstić information content (AvgIpc) is 2.90. The predicted octanol–water partition coefficient (Wildman–Crippen LogP) is -0.824. The van der Waals surface area contributed by atoms with Crippen LogP contribution in [0.2, 0.25) is 0 Å². The van der Waals surface area contributed by atoms with Crippen molar-refractivity contribution in [2.24, 2.45) is 0 Å². The molecule has 0 amide bonds. The van der Waals surface area contributed by atoms with Crippen LogP contribution in [0.25, 0.3) is 0 Å². The smallest absolute Gasteiger partial charge is 0.184 e. The van der Waals surface area contributed by atoms with Crippen molar-refractivity contribution in [2.75, 3.05) is 13.2 Å². The first-order chi connectivity index (χ1) is 9.17. The zero-order chi connectivity index (χ0) is 13.8. The van der Waals surface area contributed by atoms with Crippen molar-refractivity contribution in [2.45, 2.75) is 30.7 Å². The van der Waals surface area contributed by atoms with Crippen LogP contribution in [0.5, 0.6) is 0 Å². The zero-order valence-electron chi connectivity index (χ0n) is 10.3. The summed E-state index contributed by atoms with van der Waals surface area (Å²) >= 11 is 0. The molecule has 0 aromatic heterocycles. The van der Waals surface area contributed by atoms with E-state index < -0.39 is 37.3 Å². The predicted molar refractivity (Wildman–Crippen MR) is 65.1 cm³/mol. The summed E-state index contributed by atoms with van der Waals surface area (Å²) in [6.07, 6.45) is -5.00. The highest BCUT2D eigenvalue weighted by Gasteiger charge is 2.42. The lowest BCUT2D eigenvalue weighted by atomic mass is 10.0. The summed E-state index contributed by atoms with van der Waals surface area (Å²) in [4.78, 5) is 0. The highest BCUT2D eigenvalue weighted by molar-refractivity contribution is 5.17. The molecule has 1 aromatic rings. The van der Waals surface area contributed by atoms with Gasteiger partial charge in [0, 0.05) is 5.56 Å². The van der Waals surface area contributed by atoms with E-state index in [1.165, 1.54) is 0 Å². The zero-order valence-corrected chi connectivity index (χ0v) is 10.3. The average molecular weight is 270 g/mol. The molecule has 0 saturated carbocycles. The molecule has 106 valence electrons. The van der Waals surface area contributed by atoms with E-state index in [1.807, 2.05) is 18.2 Å². The van der Waals surface area contributed by atoms with Crippen LogP contribution >= 0.6 is 0 Å². The van der Waals surface area contributed by atoms with E-state index in [0.717, 1.165) is 5.56 Å². The minimum atomic E-state index is -1.34. The highest BCUT2D eigenvalue weighted by Crippen LogP contribution is 2.33. The molecular formula is C13H18O6. The Labute approximate surface area is 110 Å². The van der Waals surface area contributed by atoms with Crippen LogP contribution in [-0.4, -0.2) is 58.1 Å². The monoisotopic (exact) mass is 270 g/mol. The molecular weight excluding hydrogens is 252 g/mol. The number of ether oxygens (including phenoxy) is 2. The molecule has 1 unspecified atom stereocenters. The topological polar surface area (TPSA) is 99.4 Å². The number of aliphatic hydroxyl groups excluding tert-OH is 4. The molecule has 0 bridgehead atoms. The van der Waals surface area contributed by atoms with E-state index in [2.05, 4.69) is 0 Å². The van der Waals surface area contributed by atoms with E-state index in [-0.39, 0.29) is 6.61 Å². The number of hydrogen-bond acceptors (Lipinski definition) is 6. The number of rotatable bonds is 5. The number of benzene rings is 1. The molecule has 1 aliphatic rings. The SMILES string of the molecule is OC[C@@H](O)[C@H](O)[C@H]1OC(c2ccccc2)O[C@H]1CO. The Morgan fingerprint density at radius 1 is 1.05 bits per heavy atom. The number of aliphatic hydroxyl groups is 4. The van der Waals surface area contributed by atoms with Crippen molar-refractivity contribution in [3.8, 4) is 0 Å². The normalized spacial score (nSPS) is 30.2. The van der Waals surface area contributed by atoms with Gasteiger partial charge in [-0.1, -0.05) is 30.3 Å². The molecule has 19 heavy (non-hydrogen) atoms. The van der Waals surface area contributed by atoms with Crippen molar-refractivity contribution in [1.29, 1.82) is 0 Å². The Hall–Kier alpha value is -1.02. The van der Waals surface area contributed by atoms with Gasteiger partial charge in [-0.05, 0) is 0 Å². The molecule has 2 rings (SSSR count). The van der Waals surface area contributed by atoms with Crippen molar-refractivity contribution in [1.82, 2.24) is 0 Å². The van der Waals surface area contributed by atoms with Gasteiger partial charge in [-0.25, -0.2) is 0 Å². The van der Waals surface area contributed by atoms with Crippen molar-refractivity contribution in [3.63, 3.8) is 0 Å². The minimum Gasteiger partial charge on any atom is -0.394 e. The maximum atomic E-state index is 9.86. The Balaban J connectivity index is 2.09. The first-order valence-electron chi connectivity index (χ1n) is 6.11. The molecule has 6 heteroatoms. The Morgan fingerprint density at radius 2 is 1.74 bits per heavy atom. The molecule has 1 saturated heterocycles. The van der Waals surface area contributed by atoms with Gasteiger partial charge in [0.15, 0.2) is 6.29 Å². The molecule has 5 atom stereocenters. The van der Waals surface area contributed by atoms with Gasteiger partial charge in [0.1, 0.15) is 24.4 Å². The van der Waals surface area contributed by atoms with E-state index >= 15 is 0 Å². The summed E-state index contributed by atoms with van der Waals surface area (Å²) in [6.45, 7) is -0.932. The summed E-state index contributed by atoms with van der Waals surface area (Å²) in [5.74, 6) is 0. The van der Waals surface area contributed by atoms with E-state index in [9.17, 15) is 15.3 Å². The summed E-state index contributed by atoms with van der Waals surface area (Å²) in [5, 5.41) is 37.4. The molecule has 1 aromatic carbocycles. The molecule has 1 aliphatic heterocycles. The third kappa shape index (κ3) is 3.11. The molecule has 6 nitrogen and oxygen atoms in total. The standard InChI is InChI=1S/C13H18O6/c14-6-9(16)11(17)12-10(7-15)18-13(19-12)8-4-2-1-3-5-8/h1-5,9-17H,6-7H2/t9-,10+,11+,12+,13?/m1/s1. The first kappa shape index (κ1) is 14.4. The summed E-state index contributed by atoms with van der Waals surface area (Å²) in [6, 6.07) is 9.10. The van der Waals surface area contributed by atoms with Gasteiger partial charge in [-0.3, -0.25) is 0 Å². The Morgan fingerprint density at radius 3 is 2.32 bits per heavy atom. The lowest BCUT2D eigenvalue weighted by Crippen LogP contribution is -2.45. The maximum Gasteiger partial charge on any atom is 0.184 e. The third-order valence-corrected chi connectivity index (χ3v) is 3.12. The summed E-state index contributed by atoms with van der Waals surface area (Å²) in [5.41, 5.74) is 0.758. The van der Waals surface area contributed by atoms with Crippen LogP contribution < -0.4 is 0 Å². The number of hydrogen-bond donors (Lipinski definition) is 4. The van der Waals surface area contributed by atoms with E-state index in [4.69, 9.17) is 14.6 Å². The summed E-state index contributed by atoms with van der Waals surface area (Å²) < 4.78 is 11.0. The van der Waals surface area contributed by atoms with E-state index in [1.54, 1.807) is 12.1 Å². The fourth-order valence-electron chi connectivity index (χ4n) is 2.04. The molecule has 1 fully saturated rings. The third-order valence-electron chi connectivity index (χ3n) is 3.12. The fourth-order valence-corrected chi connectivity index (χ4v) is 2.04. The van der Waals surface area contributed by atoms with Crippen molar-refractivity contribution < 1.29 is 29.9 Å². The first-order valence-corrected chi connectivity index (χ1v) is 6.11. The van der Waals surface area contributed by atoms with Crippen molar-refractivity contribution in [3.05, 3.63) is 35.9 Å². The molecule has 4 N–H and O–H groups in total. The van der Waals surface area contributed by atoms with E-state index in [0.29, 0.717) is 0 Å². The minimum absolute atomic E-state index is 0.344. The molecule has 0 spiro atoms. The van der Waals surface area contributed by atoms with Crippen molar-refractivity contribution >= 4 is 0 Å². The van der Waals surface area contributed by atoms with Gasteiger partial charge >= 0.3 is 0 Å².